The molecule has 0 radical (unpaired) electrons. The van der Waals surface area contributed by atoms with Crippen molar-refractivity contribution in [3.63, 3.8) is 0 Å². The Morgan fingerprint density at radius 1 is 1.40 bits per heavy atom. The van der Waals surface area contributed by atoms with Crippen molar-refractivity contribution in [1.82, 2.24) is 5.32 Å². The van der Waals surface area contributed by atoms with E-state index in [4.69, 9.17) is 10.8 Å². The Kier molecular flexibility index (Phi) is 5.01. The number of primary amides is 1. The minimum absolute atomic E-state index is 0.0671. The van der Waals surface area contributed by atoms with Crippen LogP contribution in [0.4, 0.5) is 14.9 Å². The van der Waals surface area contributed by atoms with Crippen LogP contribution in [0.3, 0.4) is 0 Å². The largest absolute Gasteiger partial charge is 0.478 e. The molecule has 1 unspecified atom stereocenters. The smallest absolute Gasteiger partial charge is 0.340 e. The molecule has 0 aromatic heterocycles. The topological polar surface area (TPSA) is 122 Å². The highest BCUT2D eigenvalue weighted by atomic mass is 19.1. The van der Waals surface area contributed by atoms with E-state index in [2.05, 4.69) is 10.6 Å². The summed E-state index contributed by atoms with van der Waals surface area (Å²) >= 11 is 0. The molecule has 8 heteroatoms. The van der Waals surface area contributed by atoms with Crippen LogP contribution in [-0.4, -0.2) is 29.1 Å². The lowest BCUT2D eigenvalue weighted by molar-refractivity contribution is -0.118. The van der Waals surface area contributed by atoms with Gasteiger partial charge in [-0.05, 0) is 19.1 Å². The van der Waals surface area contributed by atoms with Gasteiger partial charge in [-0.1, -0.05) is 6.07 Å². The Hall–Kier alpha value is -2.64. The van der Waals surface area contributed by atoms with Gasteiger partial charge < -0.3 is 21.5 Å². The van der Waals surface area contributed by atoms with Gasteiger partial charge in [-0.15, -0.1) is 0 Å². The average Bonchev–Trinajstić information content (AvgIpc) is 2.26. The predicted octanol–water partition coefficient (Wildman–Crippen LogP) is 0.909. The first-order valence-electron chi connectivity index (χ1n) is 5.69. The third-order valence-corrected chi connectivity index (χ3v) is 2.36. The predicted molar refractivity (Wildman–Crippen MR) is 68.8 cm³/mol. The zero-order valence-corrected chi connectivity index (χ0v) is 10.6. The number of hydrogen-bond acceptors (Lipinski definition) is 3. The first-order valence-corrected chi connectivity index (χ1v) is 5.69. The van der Waals surface area contributed by atoms with Crippen molar-refractivity contribution in [1.29, 1.82) is 0 Å². The Labute approximate surface area is 114 Å². The highest BCUT2D eigenvalue weighted by Crippen LogP contribution is 2.18. The Balaban J connectivity index is 2.79. The van der Waals surface area contributed by atoms with Crippen LogP contribution in [0.15, 0.2) is 18.2 Å². The highest BCUT2D eigenvalue weighted by molar-refractivity contribution is 6.00. The van der Waals surface area contributed by atoms with Crippen LogP contribution in [0, 0.1) is 5.82 Å². The summed E-state index contributed by atoms with van der Waals surface area (Å²) in [5.41, 5.74) is 4.15. The van der Waals surface area contributed by atoms with Gasteiger partial charge in [0.1, 0.15) is 11.4 Å². The van der Waals surface area contributed by atoms with E-state index in [1.807, 2.05) is 0 Å². The van der Waals surface area contributed by atoms with Crippen LogP contribution in [0.25, 0.3) is 0 Å². The molecule has 0 aliphatic heterocycles. The van der Waals surface area contributed by atoms with Crippen molar-refractivity contribution in [2.75, 3.05) is 5.32 Å². The molecule has 1 aromatic carbocycles. The molecule has 108 valence electrons. The number of carbonyl (C=O) groups is 3. The monoisotopic (exact) mass is 283 g/mol. The molecular weight excluding hydrogens is 269 g/mol. The Bertz CT molecular complexity index is 548. The van der Waals surface area contributed by atoms with Crippen LogP contribution in [0.5, 0.6) is 0 Å². The number of hydrogen-bond donors (Lipinski definition) is 4. The number of carboxylic acid groups (broad SMARTS) is 1. The molecule has 0 saturated carbocycles. The fourth-order valence-corrected chi connectivity index (χ4v) is 1.58. The molecule has 0 spiro atoms. The van der Waals surface area contributed by atoms with Crippen LogP contribution < -0.4 is 16.4 Å². The zero-order valence-electron chi connectivity index (χ0n) is 10.6. The zero-order chi connectivity index (χ0) is 15.3. The molecule has 1 aromatic rings. The second kappa shape index (κ2) is 6.50. The Morgan fingerprint density at radius 2 is 2.05 bits per heavy atom. The minimum atomic E-state index is -1.50. The summed E-state index contributed by atoms with van der Waals surface area (Å²) in [6.45, 7) is 1.55. The number of amides is 3. The quantitative estimate of drug-likeness (QED) is 0.641. The first-order chi connectivity index (χ1) is 9.31. The number of anilines is 1. The van der Waals surface area contributed by atoms with E-state index in [1.165, 1.54) is 12.1 Å². The maximum absolute atomic E-state index is 13.4. The van der Waals surface area contributed by atoms with Gasteiger partial charge in [0.05, 0.1) is 5.69 Å². The molecule has 5 N–H and O–H groups in total. The van der Waals surface area contributed by atoms with Crippen LogP contribution >= 0.6 is 0 Å². The lowest BCUT2D eigenvalue weighted by atomic mass is 10.1. The number of carbonyl (C=O) groups excluding carboxylic acids is 2. The van der Waals surface area contributed by atoms with Gasteiger partial charge in [-0.25, -0.2) is 14.0 Å². The molecule has 1 atom stereocenters. The molecule has 0 fully saturated rings. The van der Waals surface area contributed by atoms with Crippen LogP contribution in [0.1, 0.15) is 23.7 Å². The standard InChI is InChI=1S/C12H14FN3O4/c1-6(5-9(14)17)15-12(20)16-8-4-2-3-7(13)10(8)11(18)19/h2-4,6H,5H2,1H3,(H2,14,17)(H,18,19)(H2,15,16,20). The minimum Gasteiger partial charge on any atom is -0.478 e. The van der Waals surface area contributed by atoms with E-state index >= 15 is 0 Å². The number of nitrogens with two attached hydrogens (primary N) is 1. The van der Waals surface area contributed by atoms with E-state index in [1.54, 1.807) is 6.92 Å². The van der Waals surface area contributed by atoms with Crippen LogP contribution in [-0.2, 0) is 4.79 Å². The van der Waals surface area contributed by atoms with Gasteiger partial charge in [0, 0.05) is 12.5 Å². The maximum atomic E-state index is 13.4. The number of halogens is 1. The summed E-state index contributed by atoms with van der Waals surface area (Å²) in [6, 6.07) is 2.21. The van der Waals surface area contributed by atoms with Crippen molar-refractivity contribution in [2.45, 2.75) is 19.4 Å². The summed E-state index contributed by atoms with van der Waals surface area (Å²) in [5, 5.41) is 13.5. The number of urea groups is 1. The van der Waals surface area contributed by atoms with E-state index < -0.39 is 35.3 Å². The number of benzene rings is 1. The first kappa shape index (κ1) is 15.4. The summed E-state index contributed by atoms with van der Waals surface area (Å²) in [4.78, 5) is 33.2. The molecule has 0 aliphatic rings. The van der Waals surface area contributed by atoms with Crippen molar-refractivity contribution in [3.05, 3.63) is 29.6 Å². The molecule has 7 nitrogen and oxygen atoms in total. The SMILES string of the molecule is CC(CC(N)=O)NC(=O)Nc1cccc(F)c1C(=O)O. The summed E-state index contributed by atoms with van der Waals surface area (Å²) < 4.78 is 13.4. The number of nitrogens with one attached hydrogen (secondary N) is 2. The van der Waals surface area contributed by atoms with Gasteiger partial charge in [0.25, 0.3) is 0 Å². The number of carboxylic acids is 1. The molecule has 0 aliphatic carbocycles. The molecule has 0 heterocycles. The third-order valence-electron chi connectivity index (χ3n) is 2.36. The molecule has 0 saturated heterocycles. The van der Waals surface area contributed by atoms with Crippen LogP contribution in [0.2, 0.25) is 0 Å². The third kappa shape index (κ3) is 4.23. The van der Waals surface area contributed by atoms with Gasteiger partial charge in [-0.3, -0.25) is 4.79 Å². The fraction of sp³-hybridized carbons (Fsp3) is 0.250. The second-order valence-corrected chi connectivity index (χ2v) is 4.14. The van der Waals surface area contributed by atoms with E-state index in [9.17, 15) is 18.8 Å². The highest BCUT2D eigenvalue weighted by Gasteiger charge is 2.18. The van der Waals surface area contributed by atoms with Crippen molar-refractivity contribution in [2.24, 2.45) is 5.73 Å². The number of rotatable bonds is 5. The van der Waals surface area contributed by atoms with Crippen molar-refractivity contribution in [3.8, 4) is 0 Å². The second-order valence-electron chi connectivity index (χ2n) is 4.14. The number of aromatic carboxylic acids is 1. The lowest BCUT2D eigenvalue weighted by Gasteiger charge is -2.14. The van der Waals surface area contributed by atoms with E-state index in [0.29, 0.717) is 0 Å². The van der Waals surface area contributed by atoms with Gasteiger partial charge in [-0.2, -0.15) is 0 Å². The normalized spacial score (nSPS) is 11.5. The summed E-state index contributed by atoms with van der Waals surface area (Å²) in [6.07, 6.45) is -0.0671. The molecule has 0 bridgehead atoms. The average molecular weight is 283 g/mol. The maximum Gasteiger partial charge on any atom is 0.340 e. The molecular formula is C12H14FN3O4. The molecule has 1 rings (SSSR count). The van der Waals surface area contributed by atoms with E-state index in [0.717, 1.165) is 6.07 Å². The summed E-state index contributed by atoms with van der Waals surface area (Å²) in [7, 11) is 0. The molecule has 20 heavy (non-hydrogen) atoms. The van der Waals surface area contributed by atoms with Gasteiger partial charge in [0.2, 0.25) is 5.91 Å². The van der Waals surface area contributed by atoms with Gasteiger partial charge in [0.15, 0.2) is 0 Å². The Morgan fingerprint density at radius 3 is 2.60 bits per heavy atom. The molecule has 3 amide bonds. The van der Waals surface area contributed by atoms with Gasteiger partial charge >= 0.3 is 12.0 Å². The fourth-order valence-electron chi connectivity index (χ4n) is 1.58. The summed E-state index contributed by atoms with van der Waals surface area (Å²) in [5.74, 6) is -3.04. The van der Waals surface area contributed by atoms with Crippen molar-refractivity contribution < 1.29 is 23.9 Å². The lowest BCUT2D eigenvalue weighted by Crippen LogP contribution is -2.38. The van der Waals surface area contributed by atoms with E-state index in [-0.39, 0.29) is 12.1 Å². The van der Waals surface area contributed by atoms with Crippen molar-refractivity contribution >= 4 is 23.6 Å².